The molecule has 0 spiro atoms. The summed E-state index contributed by atoms with van der Waals surface area (Å²) in [6.45, 7) is 3.91. The van der Waals surface area contributed by atoms with Crippen LogP contribution in [0.5, 0.6) is 0 Å². The van der Waals surface area contributed by atoms with Gasteiger partial charge < -0.3 is 10.6 Å². The van der Waals surface area contributed by atoms with Crippen LogP contribution in [0.2, 0.25) is 0 Å². The first-order chi connectivity index (χ1) is 9.22. The van der Waals surface area contributed by atoms with E-state index >= 15 is 0 Å². The summed E-state index contributed by atoms with van der Waals surface area (Å²) >= 11 is 0. The Kier molecular flexibility index (Phi) is 2.98. The molecule has 1 saturated heterocycles. The van der Waals surface area contributed by atoms with E-state index in [-0.39, 0.29) is 5.95 Å². The summed E-state index contributed by atoms with van der Waals surface area (Å²) in [6, 6.07) is 3.88. The highest BCUT2D eigenvalue weighted by Gasteiger charge is 2.17. The lowest BCUT2D eigenvalue weighted by molar-refractivity contribution is 0.887. The minimum Gasteiger partial charge on any atom is -0.368 e. The van der Waals surface area contributed by atoms with Gasteiger partial charge in [-0.3, -0.25) is 4.98 Å². The van der Waals surface area contributed by atoms with E-state index in [9.17, 15) is 0 Å². The highest BCUT2D eigenvalue weighted by atomic mass is 15.3. The molecular formula is C13H16N6. The van der Waals surface area contributed by atoms with Gasteiger partial charge in [0.15, 0.2) is 5.82 Å². The SMILES string of the molecule is Cc1ccc(-c2nc(N)nc(N3CCCC3)n2)cn1. The standard InChI is InChI=1S/C13H16N6/c1-9-4-5-10(8-15-9)11-16-12(14)18-13(17-11)19-6-2-3-7-19/h4-5,8H,2-3,6-7H2,1H3,(H2,14,16,17,18). The van der Waals surface area contributed by atoms with Gasteiger partial charge in [0.25, 0.3) is 0 Å². The maximum atomic E-state index is 5.78. The number of pyridine rings is 1. The maximum Gasteiger partial charge on any atom is 0.230 e. The van der Waals surface area contributed by atoms with Gasteiger partial charge in [-0.25, -0.2) is 0 Å². The van der Waals surface area contributed by atoms with Crippen LogP contribution in [-0.4, -0.2) is 33.0 Å². The Hall–Kier alpha value is -2.24. The van der Waals surface area contributed by atoms with Crippen molar-refractivity contribution in [3.05, 3.63) is 24.0 Å². The summed E-state index contributed by atoms with van der Waals surface area (Å²) in [5.74, 6) is 1.51. The molecule has 2 N–H and O–H groups in total. The van der Waals surface area contributed by atoms with Crippen LogP contribution < -0.4 is 10.6 Å². The van der Waals surface area contributed by atoms with Crippen molar-refractivity contribution in [3.8, 4) is 11.4 Å². The summed E-state index contributed by atoms with van der Waals surface area (Å²) in [6.07, 6.45) is 4.11. The number of aryl methyl sites for hydroxylation is 1. The third-order valence-electron chi connectivity index (χ3n) is 3.20. The van der Waals surface area contributed by atoms with E-state index in [0.717, 1.165) is 24.3 Å². The zero-order valence-electron chi connectivity index (χ0n) is 10.9. The molecule has 3 rings (SSSR count). The number of aromatic nitrogens is 4. The van der Waals surface area contributed by atoms with Crippen molar-refractivity contribution >= 4 is 11.9 Å². The first-order valence-corrected chi connectivity index (χ1v) is 6.42. The van der Waals surface area contributed by atoms with Gasteiger partial charge >= 0.3 is 0 Å². The molecule has 0 radical (unpaired) electrons. The third-order valence-corrected chi connectivity index (χ3v) is 3.20. The molecule has 3 heterocycles. The quantitative estimate of drug-likeness (QED) is 0.875. The van der Waals surface area contributed by atoms with Crippen LogP contribution in [0, 0.1) is 6.92 Å². The average Bonchev–Trinajstić information content (AvgIpc) is 2.93. The van der Waals surface area contributed by atoms with E-state index in [2.05, 4.69) is 24.8 Å². The molecule has 0 amide bonds. The fourth-order valence-corrected chi connectivity index (χ4v) is 2.17. The monoisotopic (exact) mass is 256 g/mol. The smallest absolute Gasteiger partial charge is 0.230 e. The summed E-state index contributed by atoms with van der Waals surface area (Å²) in [7, 11) is 0. The van der Waals surface area contributed by atoms with Crippen molar-refractivity contribution in [1.29, 1.82) is 0 Å². The van der Waals surface area contributed by atoms with E-state index in [1.165, 1.54) is 12.8 Å². The Labute approximate surface area is 111 Å². The second kappa shape index (κ2) is 4.79. The normalized spacial score (nSPS) is 14.9. The van der Waals surface area contributed by atoms with Crippen molar-refractivity contribution in [2.45, 2.75) is 19.8 Å². The molecule has 19 heavy (non-hydrogen) atoms. The summed E-state index contributed by atoms with van der Waals surface area (Å²) in [5.41, 5.74) is 7.61. The lowest BCUT2D eigenvalue weighted by atomic mass is 10.2. The molecule has 1 aliphatic rings. The molecule has 1 aliphatic heterocycles. The van der Waals surface area contributed by atoms with Crippen molar-refractivity contribution in [2.75, 3.05) is 23.7 Å². The first-order valence-electron chi connectivity index (χ1n) is 6.42. The van der Waals surface area contributed by atoms with Crippen molar-refractivity contribution < 1.29 is 0 Å². The van der Waals surface area contributed by atoms with Gasteiger partial charge in [-0.2, -0.15) is 15.0 Å². The number of hydrogen-bond acceptors (Lipinski definition) is 6. The second-order valence-electron chi connectivity index (χ2n) is 4.70. The molecular weight excluding hydrogens is 240 g/mol. The largest absolute Gasteiger partial charge is 0.368 e. The fourth-order valence-electron chi connectivity index (χ4n) is 2.17. The topological polar surface area (TPSA) is 80.8 Å². The highest BCUT2D eigenvalue weighted by Crippen LogP contribution is 2.20. The lowest BCUT2D eigenvalue weighted by Crippen LogP contribution is -2.21. The zero-order chi connectivity index (χ0) is 13.2. The van der Waals surface area contributed by atoms with E-state index in [0.29, 0.717) is 11.8 Å². The van der Waals surface area contributed by atoms with Crippen molar-refractivity contribution in [1.82, 2.24) is 19.9 Å². The highest BCUT2D eigenvalue weighted by molar-refractivity contribution is 5.56. The Morgan fingerprint density at radius 1 is 1.11 bits per heavy atom. The number of nitrogens with zero attached hydrogens (tertiary/aromatic N) is 5. The van der Waals surface area contributed by atoms with Crippen LogP contribution in [0.3, 0.4) is 0 Å². The minimum atomic E-state index is 0.257. The van der Waals surface area contributed by atoms with Crippen LogP contribution in [0.1, 0.15) is 18.5 Å². The first kappa shape index (κ1) is 11.8. The molecule has 2 aromatic rings. The van der Waals surface area contributed by atoms with E-state index < -0.39 is 0 Å². The van der Waals surface area contributed by atoms with Gasteiger partial charge in [0.1, 0.15) is 0 Å². The average molecular weight is 256 g/mol. The number of nitrogens with two attached hydrogens (primary N) is 1. The van der Waals surface area contributed by atoms with Gasteiger partial charge in [-0.1, -0.05) is 0 Å². The third kappa shape index (κ3) is 2.47. The van der Waals surface area contributed by atoms with Crippen LogP contribution >= 0.6 is 0 Å². The van der Waals surface area contributed by atoms with Gasteiger partial charge in [-0.05, 0) is 31.9 Å². The molecule has 0 saturated carbocycles. The molecule has 98 valence electrons. The molecule has 0 aromatic carbocycles. The van der Waals surface area contributed by atoms with Crippen molar-refractivity contribution in [2.24, 2.45) is 0 Å². The molecule has 6 heteroatoms. The van der Waals surface area contributed by atoms with Crippen LogP contribution in [0.4, 0.5) is 11.9 Å². The second-order valence-corrected chi connectivity index (χ2v) is 4.70. The number of nitrogen functional groups attached to an aromatic ring is 1. The Morgan fingerprint density at radius 2 is 1.89 bits per heavy atom. The molecule has 0 aliphatic carbocycles. The molecule has 0 bridgehead atoms. The molecule has 6 nitrogen and oxygen atoms in total. The molecule has 0 atom stereocenters. The Balaban J connectivity index is 1.99. The molecule has 1 fully saturated rings. The zero-order valence-corrected chi connectivity index (χ0v) is 10.9. The van der Waals surface area contributed by atoms with Crippen LogP contribution in [-0.2, 0) is 0 Å². The van der Waals surface area contributed by atoms with Crippen LogP contribution in [0.15, 0.2) is 18.3 Å². The van der Waals surface area contributed by atoms with E-state index in [1.807, 2.05) is 19.1 Å². The Morgan fingerprint density at radius 3 is 2.58 bits per heavy atom. The predicted octanol–water partition coefficient (Wildman–Crippen LogP) is 1.42. The minimum absolute atomic E-state index is 0.257. The molecule has 0 unspecified atom stereocenters. The Bertz CT molecular complexity index is 574. The summed E-state index contributed by atoms with van der Waals surface area (Å²) in [5, 5.41) is 0. The van der Waals surface area contributed by atoms with Gasteiger partial charge in [0.05, 0.1) is 0 Å². The van der Waals surface area contributed by atoms with Gasteiger partial charge in [-0.15, -0.1) is 0 Å². The lowest BCUT2D eigenvalue weighted by Gasteiger charge is -2.15. The van der Waals surface area contributed by atoms with E-state index in [1.54, 1.807) is 6.20 Å². The van der Waals surface area contributed by atoms with E-state index in [4.69, 9.17) is 5.73 Å². The summed E-state index contributed by atoms with van der Waals surface area (Å²) in [4.78, 5) is 19.3. The van der Waals surface area contributed by atoms with Gasteiger partial charge in [0.2, 0.25) is 11.9 Å². The fraction of sp³-hybridized carbons (Fsp3) is 0.385. The number of rotatable bonds is 2. The maximum absolute atomic E-state index is 5.78. The predicted molar refractivity (Wildman–Crippen MR) is 73.7 cm³/mol. The molecule has 2 aromatic heterocycles. The van der Waals surface area contributed by atoms with Crippen molar-refractivity contribution in [3.63, 3.8) is 0 Å². The van der Waals surface area contributed by atoms with Gasteiger partial charge in [0, 0.05) is 30.5 Å². The number of hydrogen-bond donors (Lipinski definition) is 1. The van der Waals surface area contributed by atoms with Crippen LogP contribution in [0.25, 0.3) is 11.4 Å². The summed E-state index contributed by atoms with van der Waals surface area (Å²) < 4.78 is 0. The number of anilines is 2.